The predicted molar refractivity (Wildman–Crippen MR) is 124 cm³/mol. The maximum Gasteiger partial charge on any atom is 0.331 e. The number of nitrogens with zero attached hydrogens (tertiary/aromatic N) is 2. The van der Waals surface area contributed by atoms with Gasteiger partial charge in [-0.25, -0.2) is 13.2 Å². The maximum absolute atomic E-state index is 12.5. The summed E-state index contributed by atoms with van der Waals surface area (Å²) in [7, 11) is -1.92. The highest BCUT2D eigenvalue weighted by atomic mass is 32.2. The normalized spacial score (nSPS) is 11.8. The molecule has 3 aromatic rings. The second-order valence-electron chi connectivity index (χ2n) is 7.01. The highest BCUT2D eigenvalue weighted by Crippen LogP contribution is 2.22. The van der Waals surface area contributed by atoms with Gasteiger partial charge in [0, 0.05) is 30.8 Å². The number of ether oxygens (including phenoxy) is 2. The van der Waals surface area contributed by atoms with E-state index < -0.39 is 16.0 Å². The molecule has 9 heteroatoms. The van der Waals surface area contributed by atoms with Gasteiger partial charge < -0.3 is 14.0 Å². The van der Waals surface area contributed by atoms with E-state index in [1.807, 2.05) is 24.3 Å². The molecule has 8 nitrogen and oxygen atoms in total. The van der Waals surface area contributed by atoms with E-state index >= 15 is 0 Å². The zero-order valence-electron chi connectivity index (χ0n) is 18.7. The smallest absolute Gasteiger partial charge is 0.331 e. The molecule has 3 rings (SSSR count). The van der Waals surface area contributed by atoms with Gasteiger partial charge in [0.1, 0.15) is 11.4 Å². The van der Waals surface area contributed by atoms with Crippen LogP contribution in [0.4, 0.5) is 0 Å². The third kappa shape index (κ3) is 6.09. The number of sulfonamides is 1. The number of rotatable bonds is 10. The lowest BCUT2D eigenvalue weighted by Gasteiger charge is -2.18. The van der Waals surface area contributed by atoms with Crippen molar-refractivity contribution >= 4 is 22.1 Å². The highest BCUT2D eigenvalue weighted by molar-refractivity contribution is 7.89. The summed E-state index contributed by atoms with van der Waals surface area (Å²) in [4.78, 5) is 12.3. The van der Waals surface area contributed by atoms with E-state index in [1.165, 1.54) is 22.5 Å². The number of benzene rings is 2. The first-order valence-corrected chi connectivity index (χ1v) is 11.9. The SMILES string of the molecule is CCN(CC)S(=O)(=O)c1ccc(/C=C/C(=O)OCc2cc(-c3ccc(OC)cc3)no2)cc1. The lowest BCUT2D eigenvalue weighted by Crippen LogP contribution is -2.30. The molecular weight excluding hydrogens is 444 g/mol. The second-order valence-corrected chi connectivity index (χ2v) is 8.94. The van der Waals surface area contributed by atoms with Crippen LogP contribution in [0.1, 0.15) is 25.2 Å². The number of methoxy groups -OCH3 is 1. The Hall–Kier alpha value is -3.43. The van der Waals surface area contributed by atoms with E-state index in [0.717, 1.165) is 11.3 Å². The Morgan fingerprint density at radius 3 is 2.33 bits per heavy atom. The molecule has 0 saturated carbocycles. The maximum atomic E-state index is 12.5. The molecule has 1 aromatic heterocycles. The van der Waals surface area contributed by atoms with E-state index in [0.29, 0.717) is 30.1 Å². The first kappa shape index (κ1) is 24.2. The zero-order valence-corrected chi connectivity index (χ0v) is 19.5. The van der Waals surface area contributed by atoms with Gasteiger partial charge in [-0.1, -0.05) is 31.1 Å². The highest BCUT2D eigenvalue weighted by Gasteiger charge is 2.21. The molecule has 0 spiro atoms. The minimum atomic E-state index is -3.52. The van der Waals surface area contributed by atoms with Crippen molar-refractivity contribution in [2.45, 2.75) is 25.3 Å². The lowest BCUT2D eigenvalue weighted by atomic mass is 10.1. The molecule has 0 aliphatic carbocycles. The number of aromatic nitrogens is 1. The van der Waals surface area contributed by atoms with Crippen LogP contribution >= 0.6 is 0 Å². The van der Waals surface area contributed by atoms with Gasteiger partial charge >= 0.3 is 5.97 Å². The van der Waals surface area contributed by atoms with Crippen LogP contribution in [0, 0.1) is 0 Å². The minimum absolute atomic E-state index is 0.0621. The predicted octanol–water partition coefficient (Wildman–Crippen LogP) is 4.14. The van der Waals surface area contributed by atoms with Gasteiger partial charge in [-0.15, -0.1) is 0 Å². The summed E-state index contributed by atoms with van der Waals surface area (Å²) in [6.07, 6.45) is 2.83. The Morgan fingerprint density at radius 1 is 1.06 bits per heavy atom. The van der Waals surface area contributed by atoms with Gasteiger partial charge in [-0.3, -0.25) is 0 Å². The number of esters is 1. The molecule has 33 heavy (non-hydrogen) atoms. The van der Waals surface area contributed by atoms with Crippen molar-refractivity contribution in [2.75, 3.05) is 20.2 Å². The monoisotopic (exact) mass is 470 g/mol. The number of carbonyl (C=O) groups excluding carboxylic acids is 1. The van der Waals surface area contributed by atoms with Gasteiger partial charge in [0.05, 0.1) is 12.0 Å². The Bertz CT molecular complexity index is 1190. The second kappa shape index (κ2) is 10.9. The van der Waals surface area contributed by atoms with E-state index in [4.69, 9.17) is 14.0 Å². The van der Waals surface area contributed by atoms with Gasteiger partial charge in [0.25, 0.3) is 0 Å². The molecule has 0 N–H and O–H groups in total. The first-order chi connectivity index (χ1) is 15.9. The van der Waals surface area contributed by atoms with Crippen molar-refractivity contribution in [3.8, 4) is 17.0 Å². The topological polar surface area (TPSA) is 98.9 Å². The molecule has 0 aliphatic heterocycles. The average Bonchev–Trinajstić information content (AvgIpc) is 3.31. The fourth-order valence-electron chi connectivity index (χ4n) is 3.10. The Balaban J connectivity index is 1.56. The Morgan fingerprint density at radius 2 is 1.73 bits per heavy atom. The Labute approximate surface area is 193 Å². The van der Waals surface area contributed by atoms with Crippen molar-refractivity contribution in [1.29, 1.82) is 0 Å². The fraction of sp³-hybridized carbons (Fsp3) is 0.250. The molecule has 0 atom stereocenters. The Kier molecular flexibility index (Phi) is 8.02. The van der Waals surface area contributed by atoms with E-state index in [2.05, 4.69) is 5.16 Å². The van der Waals surface area contributed by atoms with Crippen molar-refractivity contribution in [3.63, 3.8) is 0 Å². The quantitative estimate of drug-likeness (QED) is 0.324. The first-order valence-electron chi connectivity index (χ1n) is 10.4. The summed E-state index contributed by atoms with van der Waals surface area (Å²) in [6.45, 7) is 4.33. The van der Waals surface area contributed by atoms with Crippen LogP contribution in [0.25, 0.3) is 17.3 Å². The lowest BCUT2D eigenvalue weighted by molar-refractivity contribution is -0.139. The summed E-state index contributed by atoms with van der Waals surface area (Å²) < 4.78 is 42.0. The molecule has 174 valence electrons. The summed E-state index contributed by atoms with van der Waals surface area (Å²) in [5, 5.41) is 3.99. The molecule has 0 amide bonds. The van der Waals surface area contributed by atoms with Crippen LogP contribution in [0.3, 0.4) is 0 Å². The van der Waals surface area contributed by atoms with Gasteiger partial charge in [0.15, 0.2) is 12.4 Å². The van der Waals surface area contributed by atoms with Gasteiger partial charge in [0.2, 0.25) is 10.0 Å². The molecule has 0 unspecified atom stereocenters. The van der Waals surface area contributed by atoms with Gasteiger partial charge in [-0.2, -0.15) is 4.31 Å². The number of hydrogen-bond donors (Lipinski definition) is 0. The third-order valence-corrected chi connectivity index (χ3v) is 7.00. The van der Waals surface area contributed by atoms with Crippen LogP contribution in [-0.4, -0.2) is 44.0 Å². The molecule has 2 aromatic carbocycles. The third-order valence-electron chi connectivity index (χ3n) is 4.94. The summed E-state index contributed by atoms with van der Waals surface area (Å²) >= 11 is 0. The summed E-state index contributed by atoms with van der Waals surface area (Å²) in [5.41, 5.74) is 2.15. The summed E-state index contributed by atoms with van der Waals surface area (Å²) in [6, 6.07) is 15.4. The van der Waals surface area contributed by atoms with E-state index in [9.17, 15) is 13.2 Å². The largest absolute Gasteiger partial charge is 0.497 e. The van der Waals surface area contributed by atoms with Crippen molar-refractivity contribution < 1.29 is 27.2 Å². The molecule has 0 radical (unpaired) electrons. The number of carbonyl (C=O) groups is 1. The minimum Gasteiger partial charge on any atom is -0.497 e. The molecule has 0 fully saturated rings. The van der Waals surface area contributed by atoms with Crippen LogP contribution in [-0.2, 0) is 26.2 Å². The molecule has 0 aliphatic rings. The standard InChI is InChI=1S/C24H26N2O6S/c1-4-26(5-2)33(28,29)22-13-6-18(7-14-22)8-15-24(27)31-17-21-16-23(25-32-21)19-9-11-20(30-3)12-10-19/h6-16H,4-5,17H2,1-3H3/b15-8+. The zero-order chi connectivity index (χ0) is 23.8. The molecule has 0 bridgehead atoms. The molecule has 0 saturated heterocycles. The molecule has 1 heterocycles. The van der Waals surface area contributed by atoms with E-state index in [-0.39, 0.29) is 11.5 Å². The van der Waals surface area contributed by atoms with Gasteiger partial charge in [-0.05, 0) is 48.0 Å². The van der Waals surface area contributed by atoms with Crippen LogP contribution in [0.15, 0.2) is 70.1 Å². The summed E-state index contributed by atoms with van der Waals surface area (Å²) in [5.74, 6) is 0.592. The fourth-order valence-corrected chi connectivity index (χ4v) is 4.55. The van der Waals surface area contributed by atoms with Crippen molar-refractivity contribution in [2.24, 2.45) is 0 Å². The van der Waals surface area contributed by atoms with E-state index in [1.54, 1.807) is 45.2 Å². The van der Waals surface area contributed by atoms with Crippen LogP contribution in [0.5, 0.6) is 5.75 Å². The van der Waals surface area contributed by atoms with Crippen molar-refractivity contribution in [1.82, 2.24) is 9.46 Å². The van der Waals surface area contributed by atoms with Crippen LogP contribution in [0.2, 0.25) is 0 Å². The number of hydrogen-bond acceptors (Lipinski definition) is 7. The van der Waals surface area contributed by atoms with Crippen molar-refractivity contribution in [3.05, 3.63) is 72.0 Å². The average molecular weight is 471 g/mol. The molecular formula is C24H26N2O6S. The van der Waals surface area contributed by atoms with Crippen LogP contribution < -0.4 is 4.74 Å².